The predicted molar refractivity (Wildman–Crippen MR) is 141 cm³/mol. The molecule has 1 unspecified atom stereocenters. The van der Waals surface area contributed by atoms with Crippen molar-refractivity contribution in [1.29, 1.82) is 0 Å². The van der Waals surface area contributed by atoms with Crippen LogP contribution in [0.4, 0.5) is 10.5 Å². The Morgan fingerprint density at radius 3 is 2.35 bits per heavy atom. The molecular formula is C27H27BrN4O2. The first-order valence-electron chi connectivity index (χ1n) is 11.4. The van der Waals surface area contributed by atoms with E-state index in [-0.39, 0.29) is 11.6 Å². The van der Waals surface area contributed by atoms with Crippen molar-refractivity contribution in [1.82, 2.24) is 14.5 Å². The number of amides is 2. The van der Waals surface area contributed by atoms with Gasteiger partial charge in [-0.05, 0) is 61.4 Å². The number of nitrogens with zero attached hydrogens (tertiary/aromatic N) is 3. The number of carbonyl (C=O) groups is 1. The molecule has 1 heterocycles. The first-order valence-corrected chi connectivity index (χ1v) is 12.2. The summed E-state index contributed by atoms with van der Waals surface area (Å²) in [4.78, 5) is 33.8. The van der Waals surface area contributed by atoms with Crippen molar-refractivity contribution in [2.75, 3.05) is 11.9 Å². The van der Waals surface area contributed by atoms with E-state index in [1.165, 1.54) is 0 Å². The summed E-state index contributed by atoms with van der Waals surface area (Å²) in [6, 6.07) is 23.7. The maximum atomic E-state index is 13.6. The molecule has 7 heteroatoms. The smallest absolute Gasteiger partial charge is 0.314 e. The number of aromatic nitrogens is 2. The second kappa shape index (κ2) is 10.7. The predicted octanol–water partition coefficient (Wildman–Crippen LogP) is 6.54. The molecule has 0 bridgehead atoms. The third kappa shape index (κ3) is 4.89. The van der Waals surface area contributed by atoms with Crippen molar-refractivity contribution in [2.45, 2.75) is 32.7 Å². The zero-order valence-corrected chi connectivity index (χ0v) is 20.8. The van der Waals surface area contributed by atoms with Crippen LogP contribution in [0.3, 0.4) is 0 Å². The second-order valence-electron chi connectivity index (χ2n) is 8.02. The number of rotatable bonds is 7. The van der Waals surface area contributed by atoms with Crippen molar-refractivity contribution in [3.05, 3.63) is 99.5 Å². The first-order chi connectivity index (χ1) is 16.5. The molecule has 0 aliphatic rings. The lowest BCUT2D eigenvalue weighted by atomic mass is 10.1. The zero-order chi connectivity index (χ0) is 24.1. The van der Waals surface area contributed by atoms with Crippen LogP contribution in [0.15, 0.2) is 88.1 Å². The van der Waals surface area contributed by atoms with Gasteiger partial charge in [0.25, 0.3) is 5.56 Å². The molecule has 1 N–H and O–H groups in total. The van der Waals surface area contributed by atoms with Gasteiger partial charge in [-0.25, -0.2) is 9.78 Å². The number of hydrogen-bond acceptors (Lipinski definition) is 3. The van der Waals surface area contributed by atoms with Crippen LogP contribution >= 0.6 is 15.9 Å². The molecule has 0 fully saturated rings. The van der Waals surface area contributed by atoms with Gasteiger partial charge in [0.1, 0.15) is 5.82 Å². The van der Waals surface area contributed by atoms with Crippen LogP contribution in [0.25, 0.3) is 16.6 Å². The maximum absolute atomic E-state index is 13.6. The van der Waals surface area contributed by atoms with Crippen LogP contribution in [0.2, 0.25) is 0 Å². The summed E-state index contributed by atoms with van der Waals surface area (Å²) in [5.74, 6) is 0.553. The molecule has 34 heavy (non-hydrogen) atoms. The van der Waals surface area contributed by atoms with Gasteiger partial charge in [0.15, 0.2) is 0 Å². The van der Waals surface area contributed by atoms with Crippen LogP contribution in [0.1, 0.15) is 38.6 Å². The summed E-state index contributed by atoms with van der Waals surface area (Å²) in [7, 11) is 0. The summed E-state index contributed by atoms with van der Waals surface area (Å²) in [6.45, 7) is 4.57. The van der Waals surface area contributed by atoms with Gasteiger partial charge in [-0.2, -0.15) is 0 Å². The first kappa shape index (κ1) is 23.7. The van der Waals surface area contributed by atoms with Crippen molar-refractivity contribution in [2.24, 2.45) is 0 Å². The second-order valence-corrected chi connectivity index (χ2v) is 8.93. The van der Waals surface area contributed by atoms with Crippen molar-refractivity contribution >= 4 is 38.6 Å². The molecule has 1 atom stereocenters. The van der Waals surface area contributed by atoms with Gasteiger partial charge < -0.3 is 10.2 Å². The highest BCUT2D eigenvalue weighted by atomic mass is 79.9. The molecule has 0 aliphatic carbocycles. The molecular weight excluding hydrogens is 492 g/mol. The highest BCUT2D eigenvalue weighted by Crippen LogP contribution is 2.27. The van der Waals surface area contributed by atoms with Gasteiger partial charge in [0.05, 0.1) is 22.6 Å². The molecule has 0 saturated carbocycles. The summed E-state index contributed by atoms with van der Waals surface area (Å²) in [6.07, 6.45) is 1.37. The van der Waals surface area contributed by atoms with Crippen molar-refractivity contribution in [3.8, 4) is 5.69 Å². The third-order valence-corrected chi connectivity index (χ3v) is 6.23. The number of halogens is 1. The molecule has 0 saturated heterocycles. The normalized spacial score (nSPS) is 11.9. The van der Waals surface area contributed by atoms with Crippen LogP contribution in [0, 0.1) is 0 Å². The lowest BCUT2D eigenvalue weighted by Gasteiger charge is -2.32. The van der Waals surface area contributed by atoms with Crippen LogP contribution in [0.5, 0.6) is 0 Å². The van der Waals surface area contributed by atoms with Crippen LogP contribution in [-0.2, 0) is 0 Å². The fourth-order valence-electron chi connectivity index (χ4n) is 4.11. The monoisotopic (exact) mass is 518 g/mol. The SMILES string of the molecule is CCCN(C(=O)Nc1ccc(Br)cc1)C(CC)c1nc2ccccc2c(=O)n1-c1ccccc1. The average Bonchev–Trinajstić information content (AvgIpc) is 2.86. The van der Waals surface area contributed by atoms with E-state index in [1.807, 2.05) is 86.6 Å². The van der Waals surface area contributed by atoms with E-state index >= 15 is 0 Å². The number of para-hydroxylation sites is 2. The molecule has 6 nitrogen and oxygen atoms in total. The molecule has 4 aromatic rings. The van der Waals surface area contributed by atoms with E-state index in [0.29, 0.717) is 35.4 Å². The fourth-order valence-corrected chi connectivity index (χ4v) is 4.38. The number of hydrogen-bond donors (Lipinski definition) is 1. The Labute approximate surface area is 207 Å². The molecule has 0 radical (unpaired) electrons. The molecule has 174 valence electrons. The largest absolute Gasteiger partial charge is 0.322 e. The quantitative estimate of drug-likeness (QED) is 0.301. The molecule has 0 spiro atoms. The Morgan fingerprint density at radius 2 is 1.68 bits per heavy atom. The van der Waals surface area contributed by atoms with Crippen LogP contribution < -0.4 is 10.9 Å². The minimum Gasteiger partial charge on any atom is -0.314 e. The number of urea groups is 1. The summed E-state index contributed by atoms with van der Waals surface area (Å²) >= 11 is 3.42. The number of anilines is 1. The average molecular weight is 519 g/mol. The number of carbonyl (C=O) groups excluding carboxylic acids is 1. The lowest BCUT2D eigenvalue weighted by molar-refractivity contribution is 0.181. The van der Waals surface area contributed by atoms with E-state index in [4.69, 9.17) is 4.98 Å². The highest BCUT2D eigenvalue weighted by Gasteiger charge is 2.28. The van der Waals surface area contributed by atoms with E-state index in [0.717, 1.165) is 16.6 Å². The topological polar surface area (TPSA) is 67.2 Å². The van der Waals surface area contributed by atoms with Gasteiger partial charge in [-0.15, -0.1) is 0 Å². The van der Waals surface area contributed by atoms with Crippen molar-refractivity contribution in [3.63, 3.8) is 0 Å². The molecule has 1 aromatic heterocycles. The Bertz CT molecular complexity index is 1340. The van der Waals surface area contributed by atoms with Gasteiger partial charge in [0.2, 0.25) is 0 Å². The minimum absolute atomic E-state index is 0.144. The summed E-state index contributed by atoms with van der Waals surface area (Å²) in [5.41, 5.74) is 1.91. The highest BCUT2D eigenvalue weighted by molar-refractivity contribution is 9.10. The molecule has 2 amide bonds. The summed E-state index contributed by atoms with van der Waals surface area (Å²) in [5, 5.41) is 3.55. The lowest BCUT2D eigenvalue weighted by Crippen LogP contribution is -2.41. The number of benzene rings is 3. The standard InChI is InChI=1S/C27H27BrN4O2/c1-3-18-31(27(34)29-20-16-14-19(28)15-17-20)24(4-2)25-30-23-13-9-8-12-22(23)26(33)32(25)21-10-6-5-7-11-21/h5-17,24H,3-4,18H2,1-2H3,(H,29,34). The van der Waals surface area contributed by atoms with Crippen molar-refractivity contribution < 1.29 is 4.79 Å². The molecule has 0 aliphatic heterocycles. The van der Waals surface area contributed by atoms with E-state index in [2.05, 4.69) is 21.2 Å². The number of nitrogens with one attached hydrogen (secondary N) is 1. The summed E-state index contributed by atoms with van der Waals surface area (Å²) < 4.78 is 2.58. The zero-order valence-electron chi connectivity index (χ0n) is 19.2. The molecule has 3 aromatic carbocycles. The van der Waals surface area contributed by atoms with Crippen LogP contribution in [-0.4, -0.2) is 27.0 Å². The Morgan fingerprint density at radius 1 is 1.00 bits per heavy atom. The third-order valence-electron chi connectivity index (χ3n) is 5.70. The fraction of sp³-hybridized carbons (Fsp3) is 0.222. The minimum atomic E-state index is -0.395. The maximum Gasteiger partial charge on any atom is 0.322 e. The van der Waals surface area contributed by atoms with E-state index < -0.39 is 6.04 Å². The number of fused-ring (bicyclic) bond motifs is 1. The Balaban J connectivity index is 1.84. The van der Waals surface area contributed by atoms with E-state index in [9.17, 15) is 9.59 Å². The Kier molecular flexibility index (Phi) is 7.43. The van der Waals surface area contributed by atoms with Gasteiger partial charge in [-0.3, -0.25) is 9.36 Å². The Hall–Kier alpha value is -3.45. The van der Waals surface area contributed by atoms with Gasteiger partial charge >= 0.3 is 6.03 Å². The van der Waals surface area contributed by atoms with E-state index in [1.54, 1.807) is 15.5 Å². The van der Waals surface area contributed by atoms with Gasteiger partial charge in [-0.1, -0.05) is 60.1 Å². The molecule has 4 rings (SSSR count). The van der Waals surface area contributed by atoms with Gasteiger partial charge in [0, 0.05) is 16.7 Å².